The van der Waals surface area contributed by atoms with Crippen LogP contribution in [0.5, 0.6) is 5.75 Å². The number of nitrogens with zero attached hydrogens (tertiary/aromatic N) is 1. The Hall–Kier alpha value is -2.92. The fourth-order valence-corrected chi connectivity index (χ4v) is 5.45. The van der Waals surface area contributed by atoms with Gasteiger partial charge in [-0.2, -0.15) is 18.2 Å². The van der Waals surface area contributed by atoms with Gasteiger partial charge in [0.15, 0.2) is 0 Å². The van der Waals surface area contributed by atoms with E-state index >= 15 is 0 Å². The second-order valence-electron chi connectivity index (χ2n) is 8.24. The number of halogens is 3. The third kappa shape index (κ3) is 6.21. The fourth-order valence-electron chi connectivity index (χ4n) is 3.96. The second-order valence-corrected chi connectivity index (χ2v) is 10.2. The van der Waals surface area contributed by atoms with Gasteiger partial charge in [-0.1, -0.05) is 60.7 Å². The average molecular weight is 507 g/mol. The van der Waals surface area contributed by atoms with Crippen LogP contribution in [-0.4, -0.2) is 32.4 Å². The van der Waals surface area contributed by atoms with Crippen molar-refractivity contribution in [1.82, 2.24) is 9.79 Å². The van der Waals surface area contributed by atoms with Crippen molar-refractivity contribution in [3.05, 3.63) is 101 Å². The summed E-state index contributed by atoms with van der Waals surface area (Å²) in [6, 6.07) is 20.7. The summed E-state index contributed by atoms with van der Waals surface area (Å²) < 4.78 is 73.6. The number of sulfonamides is 1. The number of ether oxygens (including phenoxy) is 1. The van der Waals surface area contributed by atoms with Crippen molar-refractivity contribution in [2.75, 3.05) is 13.7 Å². The van der Waals surface area contributed by atoms with E-state index in [1.807, 2.05) is 30.3 Å². The minimum Gasteiger partial charge on any atom is -0.489 e. The van der Waals surface area contributed by atoms with Gasteiger partial charge in [-0.25, -0.2) is 13.1 Å². The molecule has 1 fully saturated rings. The Morgan fingerprint density at radius 1 is 1.00 bits per heavy atom. The molecule has 35 heavy (non-hydrogen) atoms. The molecule has 1 aliphatic rings. The van der Waals surface area contributed by atoms with Crippen molar-refractivity contribution in [1.29, 1.82) is 0 Å². The summed E-state index contributed by atoms with van der Waals surface area (Å²) in [4.78, 5) is 5.53. The molecular weight excluding hydrogens is 481 g/mol. The quantitative estimate of drug-likeness (QED) is 0.480. The first kappa shape index (κ1) is 25.2. The number of hydrogen-bond acceptors (Lipinski definition) is 5. The van der Waals surface area contributed by atoms with Gasteiger partial charge in [-0.15, -0.1) is 0 Å². The molecule has 1 aliphatic heterocycles. The molecule has 0 unspecified atom stereocenters. The zero-order valence-corrected chi connectivity index (χ0v) is 19.7. The molecule has 0 radical (unpaired) electrons. The van der Waals surface area contributed by atoms with Crippen molar-refractivity contribution < 1.29 is 31.2 Å². The van der Waals surface area contributed by atoms with Crippen molar-refractivity contribution in [3.8, 4) is 5.75 Å². The third-order valence-electron chi connectivity index (χ3n) is 5.76. The Labute approximate surface area is 202 Å². The Bertz CT molecular complexity index is 1250. The third-order valence-corrected chi connectivity index (χ3v) is 7.50. The van der Waals surface area contributed by atoms with Crippen LogP contribution in [0.15, 0.2) is 78.9 Å². The van der Waals surface area contributed by atoms with E-state index in [2.05, 4.69) is 4.72 Å². The van der Waals surface area contributed by atoms with Gasteiger partial charge in [0.05, 0.1) is 18.2 Å². The molecule has 3 aromatic rings. The summed E-state index contributed by atoms with van der Waals surface area (Å²) in [6.45, 7) is 0.00910. The van der Waals surface area contributed by atoms with Gasteiger partial charge < -0.3 is 4.74 Å². The highest BCUT2D eigenvalue weighted by Gasteiger charge is 2.43. The average Bonchev–Trinajstić information content (AvgIpc) is 3.24. The lowest BCUT2D eigenvalue weighted by Crippen LogP contribution is -2.39. The molecule has 6 nitrogen and oxygen atoms in total. The summed E-state index contributed by atoms with van der Waals surface area (Å²) in [7, 11) is -2.30. The zero-order valence-electron chi connectivity index (χ0n) is 18.9. The first-order valence-corrected chi connectivity index (χ1v) is 12.5. The fraction of sp³-hybridized carbons (Fsp3) is 0.280. The number of nitrogens with one attached hydrogen (secondary N) is 1. The molecule has 0 amide bonds. The molecule has 0 saturated carbocycles. The van der Waals surface area contributed by atoms with Crippen LogP contribution in [0.1, 0.15) is 28.3 Å². The number of hydrogen-bond donors (Lipinski definition) is 1. The molecule has 2 atom stereocenters. The van der Waals surface area contributed by atoms with E-state index in [0.717, 1.165) is 17.7 Å². The molecule has 0 bridgehead atoms. The summed E-state index contributed by atoms with van der Waals surface area (Å²) in [5, 5.41) is 0.507. The number of alkyl halides is 3. The van der Waals surface area contributed by atoms with Gasteiger partial charge in [-0.05, 0) is 34.9 Å². The van der Waals surface area contributed by atoms with Crippen LogP contribution in [0.2, 0.25) is 0 Å². The maximum absolute atomic E-state index is 13.1. The molecule has 3 aromatic carbocycles. The Kier molecular flexibility index (Phi) is 7.46. The van der Waals surface area contributed by atoms with E-state index in [-0.39, 0.29) is 18.7 Å². The SMILES string of the molecule is CN1OC[C@@H](S(=O)(=O)NCc2cccc(C(F)(F)F)c2)[C@@H]1c1cccc(OCc2ccccc2)c1. The lowest BCUT2D eigenvalue weighted by molar-refractivity contribution is -0.137. The largest absolute Gasteiger partial charge is 0.489 e. The summed E-state index contributed by atoms with van der Waals surface area (Å²) in [5.74, 6) is 0.583. The Balaban J connectivity index is 1.48. The monoisotopic (exact) mass is 506 g/mol. The van der Waals surface area contributed by atoms with Gasteiger partial charge in [-0.3, -0.25) is 4.84 Å². The van der Waals surface area contributed by atoms with E-state index in [4.69, 9.17) is 9.57 Å². The Morgan fingerprint density at radius 2 is 1.71 bits per heavy atom. The lowest BCUT2D eigenvalue weighted by Gasteiger charge is -2.23. The van der Waals surface area contributed by atoms with E-state index < -0.39 is 33.1 Å². The van der Waals surface area contributed by atoms with E-state index in [1.165, 1.54) is 17.2 Å². The first-order chi connectivity index (χ1) is 16.6. The standard InChI is InChI=1S/C25H25F3N2O4S/c1-30-24(20-10-6-12-22(14-20)33-16-18-7-3-2-4-8-18)23(17-34-30)35(31,32)29-15-19-9-5-11-21(13-19)25(26,27)28/h2-14,23-24,29H,15-17H2,1H3/t23-,24+/m1/s1. The van der Waals surface area contributed by atoms with Crippen LogP contribution < -0.4 is 9.46 Å². The maximum atomic E-state index is 13.1. The molecule has 0 aliphatic carbocycles. The van der Waals surface area contributed by atoms with Gasteiger partial charge in [0.1, 0.15) is 17.6 Å². The number of benzene rings is 3. The summed E-state index contributed by atoms with van der Waals surface area (Å²) in [6.07, 6.45) is -4.50. The van der Waals surface area contributed by atoms with Gasteiger partial charge in [0.25, 0.3) is 0 Å². The predicted octanol–water partition coefficient (Wildman–Crippen LogP) is 4.69. The smallest absolute Gasteiger partial charge is 0.416 e. The molecule has 0 spiro atoms. The van der Waals surface area contributed by atoms with Crippen molar-refractivity contribution >= 4 is 10.0 Å². The summed E-state index contributed by atoms with van der Waals surface area (Å²) in [5.41, 5.74) is 1.07. The normalized spacial score (nSPS) is 19.1. The van der Waals surface area contributed by atoms with E-state index in [0.29, 0.717) is 17.9 Å². The zero-order chi connectivity index (χ0) is 25.1. The summed E-state index contributed by atoms with van der Waals surface area (Å²) >= 11 is 0. The van der Waals surface area contributed by atoms with Crippen LogP contribution in [-0.2, 0) is 34.2 Å². The highest BCUT2D eigenvalue weighted by atomic mass is 32.2. The van der Waals surface area contributed by atoms with Crippen molar-refractivity contribution in [3.63, 3.8) is 0 Å². The Morgan fingerprint density at radius 3 is 2.46 bits per heavy atom. The number of hydroxylamine groups is 2. The van der Waals surface area contributed by atoms with Crippen LogP contribution in [0.4, 0.5) is 13.2 Å². The minimum atomic E-state index is -4.50. The number of rotatable bonds is 8. The van der Waals surface area contributed by atoms with Gasteiger partial charge >= 0.3 is 6.18 Å². The predicted molar refractivity (Wildman–Crippen MR) is 125 cm³/mol. The van der Waals surface area contributed by atoms with Crippen LogP contribution in [0.3, 0.4) is 0 Å². The van der Waals surface area contributed by atoms with Crippen LogP contribution in [0.25, 0.3) is 0 Å². The molecule has 186 valence electrons. The first-order valence-electron chi connectivity index (χ1n) is 10.9. The molecule has 10 heteroatoms. The van der Waals surface area contributed by atoms with Crippen molar-refractivity contribution in [2.24, 2.45) is 0 Å². The molecule has 1 saturated heterocycles. The van der Waals surface area contributed by atoms with E-state index in [1.54, 1.807) is 31.3 Å². The topological polar surface area (TPSA) is 67.9 Å². The van der Waals surface area contributed by atoms with E-state index in [9.17, 15) is 21.6 Å². The van der Waals surface area contributed by atoms with Crippen molar-refractivity contribution in [2.45, 2.75) is 30.6 Å². The molecule has 4 rings (SSSR count). The molecule has 1 N–H and O–H groups in total. The highest BCUT2D eigenvalue weighted by molar-refractivity contribution is 7.90. The maximum Gasteiger partial charge on any atom is 0.416 e. The van der Waals surface area contributed by atoms with Crippen LogP contribution >= 0.6 is 0 Å². The van der Waals surface area contributed by atoms with Gasteiger partial charge in [0.2, 0.25) is 10.0 Å². The molecule has 1 heterocycles. The minimum absolute atomic E-state index is 0.0891. The molecule has 0 aromatic heterocycles. The lowest BCUT2D eigenvalue weighted by atomic mass is 10.0. The second kappa shape index (κ2) is 10.4. The molecular formula is C25H25F3N2O4S. The van der Waals surface area contributed by atoms with Crippen LogP contribution in [0, 0.1) is 0 Å². The van der Waals surface area contributed by atoms with Gasteiger partial charge in [0, 0.05) is 13.6 Å². The highest BCUT2D eigenvalue weighted by Crippen LogP contribution is 2.35.